The summed E-state index contributed by atoms with van der Waals surface area (Å²) in [5.74, 6) is 1.53. The van der Waals surface area contributed by atoms with Crippen LogP contribution in [0.4, 0.5) is 0 Å². The Morgan fingerprint density at radius 3 is 1.87 bits per heavy atom. The minimum atomic E-state index is -0.294. The third-order valence-electron chi connectivity index (χ3n) is 4.80. The van der Waals surface area contributed by atoms with E-state index in [1.54, 1.807) is 18.2 Å². The Morgan fingerprint density at radius 1 is 0.800 bits per heavy atom. The van der Waals surface area contributed by atoms with Crippen LogP contribution in [-0.4, -0.2) is 32.8 Å². The number of para-hydroxylation sites is 1. The van der Waals surface area contributed by atoms with Crippen molar-refractivity contribution in [3.05, 3.63) is 18.2 Å². The minimum absolute atomic E-state index is 0.0896. The molecule has 0 saturated carbocycles. The summed E-state index contributed by atoms with van der Waals surface area (Å²) in [6, 6.07) is 5.24. The molecule has 0 saturated heterocycles. The molecule has 6 nitrogen and oxygen atoms in total. The highest BCUT2D eigenvalue weighted by molar-refractivity contribution is 5.74. The van der Waals surface area contributed by atoms with E-state index < -0.39 is 0 Å². The predicted octanol–water partition coefficient (Wildman–Crippen LogP) is 5.71. The molecule has 6 heteroatoms. The summed E-state index contributed by atoms with van der Waals surface area (Å²) in [4.78, 5) is 23.8. The zero-order valence-electron chi connectivity index (χ0n) is 19.0. The van der Waals surface area contributed by atoms with E-state index in [0.29, 0.717) is 42.6 Å². The molecule has 170 valence electrons. The molecule has 0 spiro atoms. The first kappa shape index (κ1) is 25.8. The second-order valence-electron chi connectivity index (χ2n) is 7.84. The Balaban J connectivity index is 2.08. The third-order valence-corrected chi connectivity index (χ3v) is 4.80. The second-order valence-corrected chi connectivity index (χ2v) is 7.84. The summed E-state index contributed by atoms with van der Waals surface area (Å²) < 4.78 is 21.1. The van der Waals surface area contributed by atoms with Crippen LogP contribution in [0.3, 0.4) is 0 Å². The predicted molar refractivity (Wildman–Crippen MR) is 117 cm³/mol. The average Bonchev–Trinajstić information content (AvgIpc) is 2.73. The van der Waals surface area contributed by atoms with E-state index in [0.717, 1.165) is 51.4 Å². The van der Waals surface area contributed by atoms with Crippen molar-refractivity contribution in [3.63, 3.8) is 0 Å². The number of esters is 2. The van der Waals surface area contributed by atoms with Crippen LogP contribution in [0.5, 0.6) is 17.2 Å². The van der Waals surface area contributed by atoms with Crippen molar-refractivity contribution < 1.29 is 28.5 Å². The lowest BCUT2D eigenvalue weighted by atomic mass is 10.1. The molecule has 0 aliphatic carbocycles. The fourth-order valence-corrected chi connectivity index (χ4v) is 3.08. The minimum Gasteiger partial charge on any atom is -0.493 e. The Labute approximate surface area is 181 Å². The van der Waals surface area contributed by atoms with Crippen molar-refractivity contribution in [3.8, 4) is 17.2 Å². The molecule has 0 aliphatic heterocycles. The van der Waals surface area contributed by atoms with Crippen LogP contribution in [0.25, 0.3) is 0 Å². The highest BCUT2D eigenvalue weighted by Crippen LogP contribution is 2.37. The molecule has 0 aliphatic rings. The highest BCUT2D eigenvalue weighted by atomic mass is 16.6. The Bertz CT molecular complexity index is 604. The lowest BCUT2D eigenvalue weighted by Gasteiger charge is -2.12. The van der Waals surface area contributed by atoms with E-state index in [4.69, 9.17) is 18.9 Å². The van der Waals surface area contributed by atoms with E-state index >= 15 is 0 Å². The quantitative estimate of drug-likeness (QED) is 0.193. The molecule has 30 heavy (non-hydrogen) atoms. The SMILES string of the molecule is COc1cccc(OC)c1OC(=O)CCCCCCCCC(=O)OCCCC(C)C. The van der Waals surface area contributed by atoms with Gasteiger partial charge in [0.2, 0.25) is 5.75 Å². The summed E-state index contributed by atoms with van der Waals surface area (Å²) in [6.45, 7) is 4.87. The molecule has 1 rings (SSSR count). The normalized spacial score (nSPS) is 10.7. The van der Waals surface area contributed by atoms with Gasteiger partial charge in [-0.15, -0.1) is 0 Å². The molecule has 0 bridgehead atoms. The van der Waals surface area contributed by atoms with Crippen LogP contribution in [-0.2, 0) is 14.3 Å². The van der Waals surface area contributed by atoms with Gasteiger partial charge in [0.1, 0.15) is 0 Å². The Morgan fingerprint density at radius 2 is 1.33 bits per heavy atom. The van der Waals surface area contributed by atoms with Crippen molar-refractivity contribution >= 4 is 11.9 Å². The third kappa shape index (κ3) is 11.1. The number of hydrogen-bond acceptors (Lipinski definition) is 6. The van der Waals surface area contributed by atoms with Gasteiger partial charge in [-0.3, -0.25) is 9.59 Å². The number of hydrogen-bond donors (Lipinski definition) is 0. The number of carbonyl (C=O) groups is 2. The van der Waals surface area contributed by atoms with Crippen LogP contribution in [0.15, 0.2) is 18.2 Å². The van der Waals surface area contributed by atoms with Crippen molar-refractivity contribution in [1.82, 2.24) is 0 Å². The fourth-order valence-electron chi connectivity index (χ4n) is 3.08. The van der Waals surface area contributed by atoms with Crippen molar-refractivity contribution in [2.24, 2.45) is 5.92 Å². The van der Waals surface area contributed by atoms with Crippen LogP contribution >= 0.6 is 0 Å². The number of carbonyl (C=O) groups excluding carboxylic acids is 2. The molecule has 0 radical (unpaired) electrons. The van der Waals surface area contributed by atoms with Gasteiger partial charge in [0, 0.05) is 12.8 Å². The summed E-state index contributed by atoms with van der Waals surface area (Å²) in [5, 5.41) is 0. The van der Waals surface area contributed by atoms with Gasteiger partial charge < -0.3 is 18.9 Å². The van der Waals surface area contributed by atoms with Crippen molar-refractivity contribution in [1.29, 1.82) is 0 Å². The molecule has 0 aromatic heterocycles. The maximum absolute atomic E-state index is 12.1. The van der Waals surface area contributed by atoms with Gasteiger partial charge in [0.15, 0.2) is 11.5 Å². The van der Waals surface area contributed by atoms with E-state index in [9.17, 15) is 9.59 Å². The largest absolute Gasteiger partial charge is 0.493 e. The van der Waals surface area contributed by atoms with Crippen LogP contribution in [0.2, 0.25) is 0 Å². The van der Waals surface area contributed by atoms with Gasteiger partial charge in [0.25, 0.3) is 0 Å². The standard InChI is InChI=1S/C24H38O6/c1-19(2)13-12-18-29-22(25)16-9-7-5-6-8-10-17-23(26)30-24-20(27-3)14-11-15-21(24)28-4/h11,14-15,19H,5-10,12-13,16-18H2,1-4H3. The maximum Gasteiger partial charge on any atom is 0.311 e. The fraction of sp³-hybridized carbons (Fsp3) is 0.667. The van der Waals surface area contributed by atoms with Gasteiger partial charge in [-0.1, -0.05) is 45.6 Å². The number of unbranched alkanes of at least 4 members (excludes halogenated alkanes) is 5. The van der Waals surface area contributed by atoms with E-state index in [2.05, 4.69) is 13.8 Å². The lowest BCUT2D eigenvalue weighted by Crippen LogP contribution is -2.09. The first-order valence-corrected chi connectivity index (χ1v) is 11.0. The summed E-state index contributed by atoms with van der Waals surface area (Å²) in [6.07, 6.45) is 8.56. The molecular weight excluding hydrogens is 384 g/mol. The van der Waals surface area contributed by atoms with Crippen LogP contribution in [0, 0.1) is 5.92 Å². The number of ether oxygens (including phenoxy) is 4. The number of rotatable bonds is 16. The maximum atomic E-state index is 12.1. The molecule has 1 aromatic carbocycles. The summed E-state index contributed by atoms with van der Waals surface area (Å²) in [5.41, 5.74) is 0. The van der Waals surface area contributed by atoms with Crippen LogP contribution in [0.1, 0.15) is 78.1 Å². The topological polar surface area (TPSA) is 71.1 Å². The molecule has 0 unspecified atom stereocenters. The average molecular weight is 423 g/mol. The molecule has 0 fully saturated rings. The molecule has 0 heterocycles. The van der Waals surface area contributed by atoms with E-state index in [-0.39, 0.29) is 11.9 Å². The van der Waals surface area contributed by atoms with Crippen molar-refractivity contribution in [2.45, 2.75) is 78.1 Å². The molecule has 1 aromatic rings. The van der Waals surface area contributed by atoms with Gasteiger partial charge in [-0.2, -0.15) is 0 Å². The monoisotopic (exact) mass is 422 g/mol. The Kier molecular flexibility index (Phi) is 13.4. The first-order chi connectivity index (χ1) is 14.5. The van der Waals surface area contributed by atoms with E-state index in [1.165, 1.54) is 14.2 Å². The van der Waals surface area contributed by atoms with Gasteiger partial charge in [-0.05, 0) is 43.7 Å². The first-order valence-electron chi connectivity index (χ1n) is 11.0. The highest BCUT2D eigenvalue weighted by Gasteiger charge is 2.15. The van der Waals surface area contributed by atoms with Gasteiger partial charge in [0.05, 0.1) is 20.8 Å². The smallest absolute Gasteiger partial charge is 0.311 e. The Hall–Kier alpha value is -2.24. The second kappa shape index (κ2) is 15.6. The molecule has 0 atom stereocenters. The van der Waals surface area contributed by atoms with Crippen molar-refractivity contribution in [2.75, 3.05) is 20.8 Å². The molecule has 0 N–H and O–H groups in total. The number of benzene rings is 1. The number of methoxy groups -OCH3 is 2. The molecular formula is C24H38O6. The zero-order valence-corrected chi connectivity index (χ0v) is 19.0. The van der Waals surface area contributed by atoms with Gasteiger partial charge in [-0.25, -0.2) is 0 Å². The van der Waals surface area contributed by atoms with Crippen LogP contribution < -0.4 is 14.2 Å². The van der Waals surface area contributed by atoms with E-state index in [1.807, 2.05) is 0 Å². The summed E-state index contributed by atoms with van der Waals surface area (Å²) >= 11 is 0. The summed E-state index contributed by atoms with van der Waals surface area (Å²) in [7, 11) is 3.05. The zero-order chi connectivity index (χ0) is 22.2. The molecule has 0 amide bonds. The van der Waals surface area contributed by atoms with Gasteiger partial charge >= 0.3 is 11.9 Å². The lowest BCUT2D eigenvalue weighted by molar-refractivity contribution is -0.144.